The average Bonchev–Trinajstić information content (AvgIpc) is 2.77. The van der Waals surface area contributed by atoms with E-state index in [-0.39, 0.29) is 11.8 Å². The van der Waals surface area contributed by atoms with E-state index in [1.54, 1.807) is 38.4 Å². The molecule has 0 unspecified atom stereocenters. The third-order valence-corrected chi connectivity index (χ3v) is 5.01. The van der Waals surface area contributed by atoms with E-state index in [1.807, 2.05) is 30.3 Å². The Morgan fingerprint density at radius 1 is 0.967 bits per heavy atom. The van der Waals surface area contributed by atoms with Crippen molar-refractivity contribution in [2.24, 2.45) is 0 Å². The molecule has 1 N–H and O–H groups in total. The summed E-state index contributed by atoms with van der Waals surface area (Å²) in [4.78, 5) is 29.0. The third kappa shape index (κ3) is 7.19. The van der Waals surface area contributed by atoms with Crippen LogP contribution in [-0.2, 0) is 11.2 Å². The zero-order valence-electron chi connectivity index (χ0n) is 18.4. The smallest absolute Gasteiger partial charge is 0.251 e. The Labute approximate surface area is 179 Å². The van der Waals surface area contributed by atoms with Crippen molar-refractivity contribution in [3.63, 3.8) is 0 Å². The van der Waals surface area contributed by atoms with Crippen LogP contribution in [0.4, 0.5) is 0 Å². The second-order valence-corrected chi connectivity index (χ2v) is 7.35. The Bertz CT molecular complexity index is 787. The normalized spacial score (nSPS) is 11.8. The van der Waals surface area contributed by atoms with E-state index in [0.29, 0.717) is 18.6 Å². The number of amides is 2. The van der Waals surface area contributed by atoms with Crippen LogP contribution in [0.15, 0.2) is 54.6 Å². The number of hydrogen-bond acceptors (Lipinski definition) is 4. The van der Waals surface area contributed by atoms with Crippen LogP contribution < -0.4 is 10.1 Å². The molecule has 2 aromatic rings. The van der Waals surface area contributed by atoms with Gasteiger partial charge in [-0.1, -0.05) is 44.2 Å². The Morgan fingerprint density at radius 2 is 1.60 bits per heavy atom. The summed E-state index contributed by atoms with van der Waals surface area (Å²) in [5.74, 6) is 0.403. The number of carbonyl (C=O) groups excluding carboxylic acids is 2. The molecule has 6 heteroatoms. The summed E-state index contributed by atoms with van der Waals surface area (Å²) in [6.45, 7) is 7.82. The number of carbonyl (C=O) groups is 2. The van der Waals surface area contributed by atoms with Crippen molar-refractivity contribution >= 4 is 11.8 Å². The molecule has 0 spiro atoms. The van der Waals surface area contributed by atoms with Gasteiger partial charge in [0.05, 0.1) is 0 Å². The molecule has 2 amide bonds. The van der Waals surface area contributed by atoms with Gasteiger partial charge < -0.3 is 19.9 Å². The summed E-state index contributed by atoms with van der Waals surface area (Å²) >= 11 is 0. The lowest BCUT2D eigenvalue weighted by molar-refractivity contribution is -0.130. The van der Waals surface area contributed by atoms with E-state index in [4.69, 9.17) is 4.74 Å². The quantitative estimate of drug-likeness (QED) is 0.618. The molecule has 0 saturated heterocycles. The standard InChI is InChI=1S/C24H33N3O3/c1-5-27(6-2)16-17-30-21-14-12-19(13-15-21)18-22(24(29)26(3)4)25-23(28)20-10-8-7-9-11-20/h7-15,22H,5-6,16-18H2,1-4H3,(H,25,28)/t22-/m1/s1. The second kappa shape index (κ2) is 12.0. The summed E-state index contributed by atoms with van der Waals surface area (Å²) < 4.78 is 5.82. The number of likely N-dealkylation sites (N-methyl/N-ethyl adjacent to an activating group) is 2. The fourth-order valence-electron chi connectivity index (χ4n) is 3.13. The molecule has 6 nitrogen and oxygen atoms in total. The first-order valence-corrected chi connectivity index (χ1v) is 10.5. The minimum atomic E-state index is -0.637. The number of hydrogen-bond donors (Lipinski definition) is 1. The largest absolute Gasteiger partial charge is 0.492 e. The van der Waals surface area contributed by atoms with Gasteiger partial charge in [-0.3, -0.25) is 9.59 Å². The lowest BCUT2D eigenvalue weighted by Crippen LogP contribution is -2.47. The Morgan fingerprint density at radius 3 is 2.17 bits per heavy atom. The molecule has 0 aliphatic rings. The molecule has 0 aliphatic heterocycles. The molecule has 0 radical (unpaired) electrons. The average molecular weight is 412 g/mol. The Hall–Kier alpha value is -2.86. The number of benzene rings is 2. The van der Waals surface area contributed by atoms with E-state index in [1.165, 1.54) is 4.90 Å². The van der Waals surface area contributed by atoms with Crippen molar-refractivity contribution < 1.29 is 14.3 Å². The molecule has 30 heavy (non-hydrogen) atoms. The van der Waals surface area contributed by atoms with Gasteiger partial charge in [0.1, 0.15) is 18.4 Å². The Balaban J connectivity index is 1.99. The fraction of sp³-hybridized carbons (Fsp3) is 0.417. The molecular weight excluding hydrogens is 378 g/mol. The molecule has 0 aliphatic carbocycles. The van der Waals surface area contributed by atoms with Gasteiger partial charge in [-0.15, -0.1) is 0 Å². The highest BCUT2D eigenvalue weighted by Gasteiger charge is 2.23. The van der Waals surface area contributed by atoms with E-state index in [0.717, 1.165) is 30.9 Å². The number of rotatable bonds is 11. The zero-order chi connectivity index (χ0) is 21.9. The second-order valence-electron chi connectivity index (χ2n) is 7.35. The van der Waals surface area contributed by atoms with E-state index in [2.05, 4.69) is 24.1 Å². The summed E-state index contributed by atoms with van der Waals surface area (Å²) in [5.41, 5.74) is 1.49. The van der Waals surface area contributed by atoms with Gasteiger partial charge in [-0.05, 0) is 42.9 Å². The van der Waals surface area contributed by atoms with Gasteiger partial charge >= 0.3 is 0 Å². The Kier molecular flexibility index (Phi) is 9.35. The first-order chi connectivity index (χ1) is 14.4. The van der Waals surface area contributed by atoms with Gasteiger partial charge in [0, 0.05) is 32.6 Å². The topological polar surface area (TPSA) is 61.9 Å². The van der Waals surface area contributed by atoms with Crippen LogP contribution in [-0.4, -0.2) is 68.0 Å². The maximum absolute atomic E-state index is 12.6. The van der Waals surface area contributed by atoms with Gasteiger partial charge in [0.2, 0.25) is 5.91 Å². The summed E-state index contributed by atoms with van der Waals surface area (Å²) in [7, 11) is 3.38. The van der Waals surface area contributed by atoms with Gasteiger partial charge in [-0.25, -0.2) is 0 Å². The lowest BCUT2D eigenvalue weighted by Gasteiger charge is -2.22. The van der Waals surface area contributed by atoms with Crippen molar-refractivity contribution in [3.05, 3.63) is 65.7 Å². The van der Waals surface area contributed by atoms with E-state index >= 15 is 0 Å². The molecule has 2 aromatic carbocycles. The van der Waals surface area contributed by atoms with Crippen LogP contribution in [0.2, 0.25) is 0 Å². The van der Waals surface area contributed by atoms with Gasteiger partial charge in [0.25, 0.3) is 5.91 Å². The van der Waals surface area contributed by atoms with Crippen molar-refractivity contribution in [2.45, 2.75) is 26.3 Å². The van der Waals surface area contributed by atoms with Crippen molar-refractivity contribution in [3.8, 4) is 5.75 Å². The first kappa shape index (κ1) is 23.4. The minimum Gasteiger partial charge on any atom is -0.492 e. The highest BCUT2D eigenvalue weighted by atomic mass is 16.5. The molecule has 2 rings (SSSR count). The summed E-state index contributed by atoms with van der Waals surface area (Å²) in [6, 6.07) is 16.0. The van der Waals surface area contributed by atoms with Crippen LogP contribution in [0.5, 0.6) is 5.75 Å². The number of nitrogens with zero attached hydrogens (tertiary/aromatic N) is 2. The summed E-state index contributed by atoms with van der Waals surface area (Å²) in [6.07, 6.45) is 0.412. The molecular formula is C24H33N3O3. The van der Waals surface area contributed by atoms with Gasteiger partial charge in [-0.2, -0.15) is 0 Å². The highest BCUT2D eigenvalue weighted by Crippen LogP contribution is 2.14. The molecule has 0 bridgehead atoms. The van der Waals surface area contributed by atoms with Crippen molar-refractivity contribution in [1.29, 1.82) is 0 Å². The number of nitrogens with one attached hydrogen (secondary N) is 1. The summed E-state index contributed by atoms with van der Waals surface area (Å²) in [5, 5.41) is 2.87. The van der Waals surface area contributed by atoms with Crippen LogP contribution in [0.25, 0.3) is 0 Å². The van der Waals surface area contributed by atoms with Crippen LogP contribution in [0.3, 0.4) is 0 Å². The molecule has 0 heterocycles. The highest BCUT2D eigenvalue weighted by molar-refractivity contribution is 5.97. The predicted molar refractivity (Wildman–Crippen MR) is 120 cm³/mol. The maximum atomic E-state index is 12.6. The fourth-order valence-corrected chi connectivity index (χ4v) is 3.13. The van der Waals surface area contributed by atoms with Crippen LogP contribution >= 0.6 is 0 Å². The minimum absolute atomic E-state index is 0.140. The molecule has 162 valence electrons. The van der Waals surface area contributed by atoms with E-state index in [9.17, 15) is 9.59 Å². The number of ether oxygens (including phenoxy) is 1. The first-order valence-electron chi connectivity index (χ1n) is 10.5. The van der Waals surface area contributed by atoms with E-state index < -0.39 is 6.04 Å². The molecule has 1 atom stereocenters. The van der Waals surface area contributed by atoms with Crippen LogP contribution in [0.1, 0.15) is 29.8 Å². The lowest BCUT2D eigenvalue weighted by atomic mass is 10.0. The van der Waals surface area contributed by atoms with Crippen molar-refractivity contribution in [1.82, 2.24) is 15.1 Å². The van der Waals surface area contributed by atoms with Crippen molar-refractivity contribution in [2.75, 3.05) is 40.3 Å². The van der Waals surface area contributed by atoms with Gasteiger partial charge in [0.15, 0.2) is 0 Å². The van der Waals surface area contributed by atoms with Crippen LogP contribution in [0, 0.1) is 0 Å². The molecule has 0 aromatic heterocycles. The molecule has 0 saturated carbocycles. The SMILES string of the molecule is CCN(CC)CCOc1ccc(C[C@@H](NC(=O)c2ccccc2)C(=O)N(C)C)cc1. The zero-order valence-corrected chi connectivity index (χ0v) is 18.4. The monoisotopic (exact) mass is 411 g/mol. The predicted octanol–water partition coefficient (Wildman–Crippen LogP) is 2.84. The third-order valence-electron chi connectivity index (χ3n) is 5.01. The maximum Gasteiger partial charge on any atom is 0.251 e. The molecule has 0 fully saturated rings.